The van der Waals surface area contributed by atoms with Crippen LogP contribution in [-0.4, -0.2) is 15.0 Å². The van der Waals surface area contributed by atoms with Gasteiger partial charge in [0, 0.05) is 23.7 Å². The van der Waals surface area contributed by atoms with Crippen LogP contribution >= 0.6 is 0 Å². The summed E-state index contributed by atoms with van der Waals surface area (Å²) in [6.07, 6.45) is 3.45. The Balaban J connectivity index is 2.49. The van der Waals surface area contributed by atoms with Crippen LogP contribution in [0, 0.1) is 6.92 Å². The molecule has 3 N–H and O–H groups in total. The summed E-state index contributed by atoms with van der Waals surface area (Å²) in [5, 5.41) is 0. The minimum Gasteiger partial charge on any atom is -0.292 e. The Hall–Kier alpha value is -2.01. The highest BCUT2D eigenvalue weighted by atomic mass is 15.3. The molecule has 15 heavy (non-hydrogen) atoms. The Morgan fingerprint density at radius 3 is 2.60 bits per heavy atom. The molecule has 0 aliphatic carbocycles. The second-order valence-corrected chi connectivity index (χ2v) is 3.10. The van der Waals surface area contributed by atoms with E-state index in [9.17, 15) is 0 Å². The first-order valence-corrected chi connectivity index (χ1v) is 4.52. The van der Waals surface area contributed by atoms with Gasteiger partial charge in [-0.3, -0.25) is 10.4 Å². The number of hydrogen-bond acceptors (Lipinski definition) is 5. The van der Waals surface area contributed by atoms with Crippen LogP contribution in [0.25, 0.3) is 11.3 Å². The lowest BCUT2D eigenvalue weighted by Crippen LogP contribution is -2.11. The van der Waals surface area contributed by atoms with Crippen molar-refractivity contribution in [3.05, 3.63) is 36.3 Å². The van der Waals surface area contributed by atoms with E-state index in [1.807, 2.05) is 25.1 Å². The molecule has 0 aliphatic heterocycles. The van der Waals surface area contributed by atoms with Gasteiger partial charge in [-0.05, 0) is 25.1 Å². The summed E-state index contributed by atoms with van der Waals surface area (Å²) >= 11 is 0. The molecular weight excluding hydrogens is 190 g/mol. The highest BCUT2D eigenvalue weighted by Gasteiger charge is 2.02. The number of nitrogens with zero attached hydrogens (tertiary/aromatic N) is 3. The van der Waals surface area contributed by atoms with Gasteiger partial charge in [0.25, 0.3) is 0 Å². The molecule has 5 heteroatoms. The van der Waals surface area contributed by atoms with Crippen LogP contribution in [0.4, 0.5) is 5.95 Å². The predicted molar refractivity (Wildman–Crippen MR) is 57.8 cm³/mol. The average molecular weight is 201 g/mol. The van der Waals surface area contributed by atoms with Crippen LogP contribution in [0.1, 0.15) is 5.69 Å². The van der Waals surface area contributed by atoms with Crippen LogP contribution < -0.4 is 11.3 Å². The maximum Gasteiger partial charge on any atom is 0.237 e. The molecule has 0 unspecified atom stereocenters. The Morgan fingerprint density at radius 2 is 1.93 bits per heavy atom. The highest BCUT2D eigenvalue weighted by Crippen LogP contribution is 2.17. The summed E-state index contributed by atoms with van der Waals surface area (Å²) < 4.78 is 0. The molecule has 0 bridgehead atoms. The Morgan fingerprint density at radius 1 is 1.20 bits per heavy atom. The van der Waals surface area contributed by atoms with Crippen molar-refractivity contribution in [3.8, 4) is 11.3 Å². The van der Waals surface area contributed by atoms with E-state index in [0.717, 1.165) is 17.0 Å². The number of nitrogens with one attached hydrogen (secondary N) is 1. The minimum absolute atomic E-state index is 0.418. The van der Waals surface area contributed by atoms with Crippen LogP contribution in [0.15, 0.2) is 30.6 Å². The predicted octanol–water partition coefficient (Wildman–Crippen LogP) is 1.13. The number of rotatable bonds is 2. The van der Waals surface area contributed by atoms with Gasteiger partial charge in [-0.2, -0.15) is 0 Å². The highest BCUT2D eigenvalue weighted by molar-refractivity contribution is 5.59. The Kier molecular flexibility index (Phi) is 2.55. The number of aryl methyl sites for hydroxylation is 1. The third-order valence-electron chi connectivity index (χ3n) is 1.96. The topological polar surface area (TPSA) is 76.7 Å². The van der Waals surface area contributed by atoms with E-state index in [4.69, 9.17) is 5.84 Å². The van der Waals surface area contributed by atoms with Gasteiger partial charge in [0.05, 0.1) is 5.69 Å². The van der Waals surface area contributed by atoms with Crippen molar-refractivity contribution < 1.29 is 0 Å². The molecule has 0 radical (unpaired) electrons. The monoisotopic (exact) mass is 201 g/mol. The number of nitrogens with two attached hydrogens (primary N) is 1. The first-order valence-electron chi connectivity index (χ1n) is 4.52. The van der Waals surface area contributed by atoms with Crippen molar-refractivity contribution in [2.24, 2.45) is 5.84 Å². The molecule has 0 atom stereocenters. The molecule has 2 aromatic rings. The Labute approximate surface area is 87.4 Å². The largest absolute Gasteiger partial charge is 0.292 e. The first-order chi connectivity index (χ1) is 7.29. The zero-order valence-electron chi connectivity index (χ0n) is 8.31. The average Bonchev–Trinajstić information content (AvgIpc) is 2.29. The van der Waals surface area contributed by atoms with E-state index < -0.39 is 0 Å². The molecule has 2 aromatic heterocycles. The zero-order valence-corrected chi connectivity index (χ0v) is 8.31. The van der Waals surface area contributed by atoms with Gasteiger partial charge in [-0.1, -0.05) is 0 Å². The number of nitrogen functional groups attached to an aromatic ring is 1. The zero-order chi connectivity index (χ0) is 10.7. The van der Waals surface area contributed by atoms with Crippen molar-refractivity contribution in [2.45, 2.75) is 6.92 Å². The van der Waals surface area contributed by atoms with E-state index >= 15 is 0 Å². The summed E-state index contributed by atoms with van der Waals surface area (Å²) in [4.78, 5) is 12.3. The van der Waals surface area contributed by atoms with Crippen LogP contribution in [-0.2, 0) is 0 Å². The lowest BCUT2D eigenvalue weighted by Gasteiger charge is -2.04. The van der Waals surface area contributed by atoms with Gasteiger partial charge >= 0.3 is 0 Å². The molecule has 0 saturated heterocycles. The van der Waals surface area contributed by atoms with E-state index in [2.05, 4.69) is 20.4 Å². The molecule has 0 amide bonds. The number of aromatic nitrogens is 3. The van der Waals surface area contributed by atoms with Gasteiger partial charge in [0.2, 0.25) is 5.95 Å². The minimum atomic E-state index is 0.418. The number of pyridine rings is 1. The quantitative estimate of drug-likeness (QED) is 0.562. The molecular formula is C10H11N5. The molecule has 2 heterocycles. The van der Waals surface area contributed by atoms with Gasteiger partial charge in [0.1, 0.15) is 0 Å². The first kappa shape index (κ1) is 9.54. The van der Waals surface area contributed by atoms with Crippen molar-refractivity contribution in [1.29, 1.82) is 0 Å². The standard InChI is InChI=1S/C10H11N5/c1-7-6-9(14-10(13-7)15-11)8-2-4-12-5-3-8/h2-6H,11H2,1H3,(H,13,14,15). The lowest BCUT2D eigenvalue weighted by atomic mass is 10.2. The van der Waals surface area contributed by atoms with Crippen LogP contribution in [0.5, 0.6) is 0 Å². The number of hydrogen-bond donors (Lipinski definition) is 2. The van der Waals surface area contributed by atoms with E-state index in [1.54, 1.807) is 12.4 Å². The third kappa shape index (κ3) is 2.08. The van der Waals surface area contributed by atoms with Gasteiger partial charge in [0.15, 0.2) is 0 Å². The van der Waals surface area contributed by atoms with E-state index in [-0.39, 0.29) is 0 Å². The molecule has 2 rings (SSSR count). The normalized spacial score (nSPS) is 10.0. The summed E-state index contributed by atoms with van der Waals surface area (Å²) in [6, 6.07) is 5.68. The van der Waals surface area contributed by atoms with Crippen LogP contribution in [0.2, 0.25) is 0 Å². The lowest BCUT2D eigenvalue weighted by molar-refractivity contribution is 1.07. The maximum atomic E-state index is 5.28. The van der Waals surface area contributed by atoms with Crippen molar-refractivity contribution in [3.63, 3.8) is 0 Å². The van der Waals surface area contributed by atoms with Crippen LogP contribution in [0.3, 0.4) is 0 Å². The molecule has 0 spiro atoms. The third-order valence-corrected chi connectivity index (χ3v) is 1.96. The van der Waals surface area contributed by atoms with E-state index in [1.165, 1.54) is 0 Å². The second kappa shape index (κ2) is 4.02. The fraction of sp³-hybridized carbons (Fsp3) is 0.100. The van der Waals surface area contributed by atoms with Gasteiger partial charge < -0.3 is 0 Å². The summed E-state index contributed by atoms with van der Waals surface area (Å²) in [6.45, 7) is 1.90. The van der Waals surface area contributed by atoms with Gasteiger partial charge in [-0.15, -0.1) is 0 Å². The molecule has 0 aliphatic rings. The number of hydrazine groups is 1. The molecule has 76 valence electrons. The smallest absolute Gasteiger partial charge is 0.237 e. The fourth-order valence-electron chi connectivity index (χ4n) is 1.30. The molecule has 0 fully saturated rings. The van der Waals surface area contributed by atoms with Gasteiger partial charge in [-0.25, -0.2) is 15.8 Å². The summed E-state index contributed by atoms with van der Waals surface area (Å²) in [5.74, 6) is 5.70. The second-order valence-electron chi connectivity index (χ2n) is 3.10. The molecule has 0 saturated carbocycles. The van der Waals surface area contributed by atoms with Crippen molar-refractivity contribution in [2.75, 3.05) is 5.43 Å². The fourth-order valence-corrected chi connectivity index (χ4v) is 1.30. The van der Waals surface area contributed by atoms with Crippen molar-refractivity contribution in [1.82, 2.24) is 15.0 Å². The number of anilines is 1. The van der Waals surface area contributed by atoms with Crippen molar-refractivity contribution >= 4 is 5.95 Å². The van der Waals surface area contributed by atoms with E-state index in [0.29, 0.717) is 5.95 Å². The Bertz CT molecular complexity index is 455. The summed E-state index contributed by atoms with van der Waals surface area (Å²) in [5.41, 5.74) is 5.13. The maximum absolute atomic E-state index is 5.28. The summed E-state index contributed by atoms with van der Waals surface area (Å²) in [7, 11) is 0. The molecule has 0 aromatic carbocycles. The SMILES string of the molecule is Cc1cc(-c2ccncc2)nc(NN)n1. The molecule has 5 nitrogen and oxygen atoms in total.